The van der Waals surface area contributed by atoms with Gasteiger partial charge < -0.3 is 9.47 Å². The number of esters is 1. The molecule has 1 heterocycles. The van der Waals surface area contributed by atoms with Gasteiger partial charge in [0.1, 0.15) is 11.6 Å². The van der Waals surface area contributed by atoms with E-state index in [2.05, 4.69) is 10.1 Å². The zero-order valence-corrected chi connectivity index (χ0v) is 18.5. The average molecular weight is 463 g/mol. The van der Waals surface area contributed by atoms with Gasteiger partial charge in [0.15, 0.2) is 0 Å². The lowest BCUT2D eigenvalue weighted by atomic mass is 10.1. The molecule has 1 aromatic heterocycles. The molecular formula is C24H18FN3O4S. The Balaban J connectivity index is 1.72. The molecule has 1 amide bonds. The number of carbonyl (C=O) groups excluding carboxylic acids is 2. The van der Waals surface area contributed by atoms with Gasteiger partial charge >= 0.3 is 5.97 Å². The molecule has 3 aromatic carbocycles. The Morgan fingerprint density at radius 1 is 1.00 bits per heavy atom. The second-order valence-corrected chi connectivity index (χ2v) is 7.82. The largest absolute Gasteiger partial charge is 0.497 e. The zero-order valence-electron chi connectivity index (χ0n) is 17.7. The van der Waals surface area contributed by atoms with Crippen molar-refractivity contribution in [3.8, 4) is 5.75 Å². The van der Waals surface area contributed by atoms with E-state index >= 15 is 0 Å². The molecule has 0 N–H and O–H groups in total. The van der Waals surface area contributed by atoms with Crippen LogP contribution in [-0.2, 0) is 4.74 Å². The van der Waals surface area contributed by atoms with Crippen molar-refractivity contribution in [2.24, 2.45) is 5.10 Å². The van der Waals surface area contributed by atoms with E-state index in [9.17, 15) is 14.0 Å². The number of nitrogens with zero attached hydrogens (tertiary/aromatic N) is 3. The first-order valence-corrected chi connectivity index (χ1v) is 10.6. The number of amides is 1. The van der Waals surface area contributed by atoms with Crippen molar-refractivity contribution >= 4 is 44.8 Å². The van der Waals surface area contributed by atoms with Gasteiger partial charge in [-0.1, -0.05) is 23.5 Å². The molecule has 0 aliphatic carbocycles. The van der Waals surface area contributed by atoms with Crippen LogP contribution in [0.5, 0.6) is 5.75 Å². The number of hydrazone groups is 1. The number of thiazole rings is 1. The minimum Gasteiger partial charge on any atom is -0.497 e. The maximum absolute atomic E-state index is 13.3. The molecule has 0 saturated heterocycles. The molecule has 0 bridgehead atoms. The maximum Gasteiger partial charge on any atom is 0.337 e. The highest BCUT2D eigenvalue weighted by molar-refractivity contribution is 7.22. The molecule has 0 unspecified atom stereocenters. The van der Waals surface area contributed by atoms with Crippen LogP contribution in [0, 0.1) is 5.82 Å². The van der Waals surface area contributed by atoms with Crippen LogP contribution in [0.15, 0.2) is 71.8 Å². The first-order chi connectivity index (χ1) is 16.0. The number of methoxy groups -OCH3 is 2. The molecule has 0 radical (unpaired) electrons. The molecule has 0 saturated carbocycles. The summed E-state index contributed by atoms with van der Waals surface area (Å²) in [5.41, 5.74) is 1.92. The second-order valence-electron chi connectivity index (χ2n) is 6.81. The second kappa shape index (κ2) is 9.58. The third-order valence-electron chi connectivity index (χ3n) is 4.70. The van der Waals surface area contributed by atoms with Gasteiger partial charge in [-0.15, -0.1) is 0 Å². The van der Waals surface area contributed by atoms with Crippen molar-refractivity contribution in [2.75, 3.05) is 19.2 Å². The third-order valence-corrected chi connectivity index (χ3v) is 5.70. The minimum atomic E-state index is -0.500. The van der Waals surface area contributed by atoms with E-state index in [1.165, 1.54) is 66.1 Å². The molecule has 7 nitrogen and oxygen atoms in total. The molecule has 4 aromatic rings. The van der Waals surface area contributed by atoms with Crippen molar-refractivity contribution in [1.82, 2.24) is 4.98 Å². The standard InChI is InChI=1S/C24H18FN3O4S/c1-31-19-11-12-20-21(13-19)33-24(27-20)28(26-14-15-3-9-18(25)10-4-15)22(29)16-5-7-17(8-6-16)23(30)32-2/h3-14H,1-2H3/b26-14+. The number of carbonyl (C=O) groups is 2. The maximum atomic E-state index is 13.3. The van der Waals surface area contributed by atoms with E-state index in [0.717, 1.165) is 4.70 Å². The number of ether oxygens (including phenoxy) is 2. The molecule has 0 aliphatic rings. The highest BCUT2D eigenvalue weighted by Crippen LogP contribution is 2.32. The number of aromatic nitrogens is 1. The number of fused-ring (bicyclic) bond motifs is 1. The summed E-state index contributed by atoms with van der Waals surface area (Å²) in [5, 5.41) is 5.86. The summed E-state index contributed by atoms with van der Waals surface area (Å²) in [6.07, 6.45) is 1.45. The zero-order chi connectivity index (χ0) is 23.4. The van der Waals surface area contributed by atoms with Gasteiger partial charge in [-0.05, 0) is 60.2 Å². The van der Waals surface area contributed by atoms with Crippen LogP contribution in [-0.4, -0.2) is 37.3 Å². The van der Waals surface area contributed by atoms with Crippen molar-refractivity contribution < 1.29 is 23.5 Å². The summed E-state index contributed by atoms with van der Waals surface area (Å²) in [7, 11) is 2.86. The lowest BCUT2D eigenvalue weighted by Crippen LogP contribution is -2.25. The minimum absolute atomic E-state index is 0.302. The average Bonchev–Trinajstić information content (AvgIpc) is 3.27. The fourth-order valence-corrected chi connectivity index (χ4v) is 3.91. The molecule has 0 fully saturated rings. The summed E-state index contributed by atoms with van der Waals surface area (Å²) in [6.45, 7) is 0. The molecule has 166 valence electrons. The monoisotopic (exact) mass is 463 g/mol. The summed E-state index contributed by atoms with van der Waals surface area (Å²) in [5.74, 6) is -0.647. The quantitative estimate of drug-likeness (QED) is 0.231. The number of anilines is 1. The normalized spacial score (nSPS) is 11.0. The van der Waals surface area contributed by atoms with Crippen LogP contribution < -0.4 is 9.75 Å². The highest BCUT2D eigenvalue weighted by atomic mass is 32.1. The van der Waals surface area contributed by atoms with Crippen LogP contribution in [0.1, 0.15) is 26.3 Å². The highest BCUT2D eigenvalue weighted by Gasteiger charge is 2.22. The van der Waals surface area contributed by atoms with Gasteiger partial charge in [0.05, 0.1) is 36.2 Å². The summed E-state index contributed by atoms with van der Waals surface area (Å²) in [6, 6.07) is 17.2. The first-order valence-electron chi connectivity index (χ1n) is 9.75. The van der Waals surface area contributed by atoms with Crippen LogP contribution in [0.4, 0.5) is 9.52 Å². The number of halogens is 1. The van der Waals surface area contributed by atoms with Crippen molar-refractivity contribution in [2.45, 2.75) is 0 Å². The fraction of sp³-hybridized carbons (Fsp3) is 0.0833. The van der Waals surface area contributed by atoms with Crippen LogP contribution in [0.3, 0.4) is 0 Å². The number of hydrogen-bond acceptors (Lipinski definition) is 7. The van der Waals surface area contributed by atoms with E-state index in [-0.39, 0.29) is 5.82 Å². The molecule has 0 atom stereocenters. The molecule has 0 aliphatic heterocycles. The Morgan fingerprint density at radius 2 is 1.70 bits per heavy atom. The SMILES string of the molecule is COC(=O)c1ccc(C(=O)N(/N=C/c2ccc(F)cc2)c2nc3ccc(OC)cc3s2)cc1. The van der Waals surface area contributed by atoms with Gasteiger partial charge in [-0.3, -0.25) is 4.79 Å². The third kappa shape index (κ3) is 4.88. The molecule has 9 heteroatoms. The van der Waals surface area contributed by atoms with Gasteiger partial charge in [0.2, 0.25) is 5.13 Å². The number of hydrogen-bond donors (Lipinski definition) is 0. The van der Waals surface area contributed by atoms with Crippen molar-refractivity contribution in [3.63, 3.8) is 0 Å². The molecular weight excluding hydrogens is 445 g/mol. The lowest BCUT2D eigenvalue weighted by molar-refractivity contribution is 0.0600. The Morgan fingerprint density at radius 3 is 2.36 bits per heavy atom. The van der Waals surface area contributed by atoms with Crippen LogP contribution >= 0.6 is 11.3 Å². The molecule has 0 spiro atoms. The Kier molecular flexibility index (Phi) is 6.41. The topological polar surface area (TPSA) is 81.1 Å². The van der Waals surface area contributed by atoms with E-state index in [4.69, 9.17) is 9.47 Å². The van der Waals surface area contributed by atoms with E-state index in [1.807, 2.05) is 6.07 Å². The predicted octanol–water partition coefficient (Wildman–Crippen LogP) is 4.91. The predicted molar refractivity (Wildman–Crippen MR) is 125 cm³/mol. The summed E-state index contributed by atoms with van der Waals surface area (Å²) < 4.78 is 24.0. The number of rotatable bonds is 6. The molecule has 33 heavy (non-hydrogen) atoms. The summed E-state index contributed by atoms with van der Waals surface area (Å²) in [4.78, 5) is 29.6. The Hall–Kier alpha value is -4.11. The smallest absolute Gasteiger partial charge is 0.337 e. The van der Waals surface area contributed by atoms with E-state index < -0.39 is 11.9 Å². The van der Waals surface area contributed by atoms with Crippen LogP contribution in [0.25, 0.3) is 10.2 Å². The van der Waals surface area contributed by atoms with Gasteiger partial charge in [0.25, 0.3) is 5.91 Å². The summed E-state index contributed by atoms with van der Waals surface area (Å²) >= 11 is 1.27. The molecule has 4 rings (SSSR count). The van der Waals surface area contributed by atoms with Crippen molar-refractivity contribution in [3.05, 3.63) is 89.2 Å². The van der Waals surface area contributed by atoms with Gasteiger partial charge in [-0.25, -0.2) is 14.2 Å². The van der Waals surface area contributed by atoms with E-state index in [0.29, 0.717) is 33.1 Å². The first kappa shape index (κ1) is 22.1. The fourth-order valence-electron chi connectivity index (χ4n) is 2.96. The van der Waals surface area contributed by atoms with Gasteiger partial charge in [-0.2, -0.15) is 10.1 Å². The van der Waals surface area contributed by atoms with Crippen LogP contribution in [0.2, 0.25) is 0 Å². The van der Waals surface area contributed by atoms with E-state index in [1.54, 1.807) is 31.4 Å². The Bertz CT molecular complexity index is 1330. The number of benzene rings is 3. The Labute approximate surface area is 192 Å². The van der Waals surface area contributed by atoms with Gasteiger partial charge in [0, 0.05) is 5.56 Å². The van der Waals surface area contributed by atoms with Crippen molar-refractivity contribution in [1.29, 1.82) is 0 Å². The lowest BCUT2D eigenvalue weighted by Gasteiger charge is -2.14.